The Kier molecular flexibility index (Phi) is 8.31. The molecule has 0 saturated heterocycles. The highest BCUT2D eigenvalue weighted by Gasteiger charge is 2.36. The van der Waals surface area contributed by atoms with Crippen LogP contribution in [0.25, 0.3) is 0 Å². The summed E-state index contributed by atoms with van der Waals surface area (Å²) in [5, 5.41) is 2.89. The van der Waals surface area contributed by atoms with Crippen LogP contribution in [0.4, 0.5) is 8.78 Å². The van der Waals surface area contributed by atoms with Crippen LogP contribution in [0.2, 0.25) is 0 Å². The van der Waals surface area contributed by atoms with Crippen molar-refractivity contribution in [1.29, 1.82) is 0 Å². The number of ether oxygens (including phenoxy) is 1. The van der Waals surface area contributed by atoms with Crippen LogP contribution in [0.1, 0.15) is 61.8 Å². The number of esters is 1. The molecule has 168 valence electrons. The van der Waals surface area contributed by atoms with Crippen LogP contribution in [-0.2, 0) is 4.74 Å². The van der Waals surface area contributed by atoms with Crippen molar-refractivity contribution in [3.63, 3.8) is 0 Å². The first-order valence-corrected chi connectivity index (χ1v) is 10.5. The van der Waals surface area contributed by atoms with Crippen molar-refractivity contribution in [3.05, 3.63) is 71.3 Å². The lowest BCUT2D eigenvalue weighted by Gasteiger charge is -2.37. The Morgan fingerprint density at radius 3 is 1.84 bits per heavy atom. The lowest BCUT2D eigenvalue weighted by Crippen LogP contribution is -2.44. The average Bonchev–Trinajstić information content (AvgIpc) is 2.69. The van der Waals surface area contributed by atoms with Crippen LogP contribution < -0.4 is 5.32 Å². The van der Waals surface area contributed by atoms with Crippen LogP contribution in [0.15, 0.2) is 48.5 Å². The maximum Gasteiger partial charge on any atom is 0.338 e. The fourth-order valence-electron chi connectivity index (χ4n) is 3.60. The molecule has 0 aliphatic heterocycles. The lowest BCUT2D eigenvalue weighted by molar-refractivity contribution is -0.0327. The fraction of sp³-hybridized carbons (Fsp3) is 0.440. The summed E-state index contributed by atoms with van der Waals surface area (Å²) in [6, 6.07) is 10.6. The maximum absolute atomic E-state index is 13.2. The monoisotopic (exact) mass is 431 g/mol. The van der Waals surface area contributed by atoms with E-state index in [-0.39, 0.29) is 17.4 Å². The molecule has 2 rings (SSSR count). The van der Waals surface area contributed by atoms with E-state index in [9.17, 15) is 18.4 Å². The van der Waals surface area contributed by atoms with Gasteiger partial charge in [-0.2, -0.15) is 0 Å². The van der Waals surface area contributed by atoms with Gasteiger partial charge in [0.15, 0.2) is 0 Å². The Hall–Kier alpha value is -2.76. The van der Waals surface area contributed by atoms with E-state index in [2.05, 4.69) is 19.2 Å². The molecule has 0 spiro atoms. The number of benzene rings is 2. The first-order valence-electron chi connectivity index (χ1n) is 10.5. The van der Waals surface area contributed by atoms with E-state index in [4.69, 9.17) is 4.74 Å². The summed E-state index contributed by atoms with van der Waals surface area (Å²) in [4.78, 5) is 25.2. The molecule has 1 amide bonds. The van der Waals surface area contributed by atoms with Crippen LogP contribution in [0.3, 0.4) is 0 Å². The highest BCUT2D eigenvalue weighted by atomic mass is 19.1. The molecule has 0 aromatic heterocycles. The molecule has 2 atom stereocenters. The highest BCUT2D eigenvalue weighted by molar-refractivity contribution is 5.94. The van der Waals surface area contributed by atoms with Crippen LogP contribution in [0, 0.1) is 28.9 Å². The molecule has 0 radical (unpaired) electrons. The second-order valence-electron chi connectivity index (χ2n) is 9.31. The highest BCUT2D eigenvalue weighted by Crippen LogP contribution is 2.32. The van der Waals surface area contributed by atoms with Crippen molar-refractivity contribution in [2.75, 3.05) is 6.54 Å². The summed E-state index contributed by atoms with van der Waals surface area (Å²) >= 11 is 0. The number of carbonyl (C=O) groups is 2. The zero-order valence-corrected chi connectivity index (χ0v) is 18.7. The van der Waals surface area contributed by atoms with Crippen LogP contribution in [0.5, 0.6) is 0 Å². The van der Waals surface area contributed by atoms with Crippen molar-refractivity contribution in [1.82, 2.24) is 5.32 Å². The smallest absolute Gasteiger partial charge is 0.338 e. The Labute approximate surface area is 183 Å². The summed E-state index contributed by atoms with van der Waals surface area (Å²) in [5.74, 6) is -1.51. The summed E-state index contributed by atoms with van der Waals surface area (Å²) in [7, 11) is 0. The molecule has 2 unspecified atom stereocenters. The Bertz CT molecular complexity index is 871. The molecule has 0 aliphatic carbocycles. The van der Waals surface area contributed by atoms with E-state index in [1.807, 2.05) is 20.8 Å². The first kappa shape index (κ1) is 24.5. The number of amides is 1. The van der Waals surface area contributed by atoms with Crippen molar-refractivity contribution >= 4 is 11.9 Å². The molecule has 0 fully saturated rings. The van der Waals surface area contributed by atoms with Gasteiger partial charge >= 0.3 is 5.97 Å². The van der Waals surface area contributed by atoms with Gasteiger partial charge in [0.1, 0.15) is 17.7 Å². The van der Waals surface area contributed by atoms with Gasteiger partial charge in [-0.15, -0.1) is 0 Å². The average molecular weight is 432 g/mol. The predicted octanol–water partition coefficient (Wildman–Crippen LogP) is 5.63. The normalized spacial score (nSPS) is 13.5. The van der Waals surface area contributed by atoms with Gasteiger partial charge in [-0.3, -0.25) is 4.79 Å². The largest absolute Gasteiger partial charge is 0.458 e. The van der Waals surface area contributed by atoms with E-state index in [1.54, 1.807) is 0 Å². The van der Waals surface area contributed by atoms with Gasteiger partial charge < -0.3 is 10.1 Å². The van der Waals surface area contributed by atoms with E-state index >= 15 is 0 Å². The summed E-state index contributed by atoms with van der Waals surface area (Å²) in [6.45, 7) is 10.4. The molecule has 2 aromatic rings. The molecule has 31 heavy (non-hydrogen) atoms. The second-order valence-corrected chi connectivity index (χ2v) is 9.31. The standard InChI is InChI=1S/C25H31F2NO3/c1-16(2)14-19(15-28-23(29)17-6-10-20(26)11-7-17)22(25(3,4)5)31-24(30)18-8-12-21(27)13-9-18/h6-13,16,19,22H,14-15H2,1-5H3,(H,28,29). The minimum absolute atomic E-state index is 0.145. The number of halogens is 2. The van der Waals surface area contributed by atoms with E-state index in [1.165, 1.54) is 48.5 Å². The molecule has 1 N–H and O–H groups in total. The van der Waals surface area contributed by atoms with Gasteiger partial charge in [0, 0.05) is 18.0 Å². The Morgan fingerprint density at radius 1 is 0.903 bits per heavy atom. The maximum atomic E-state index is 13.2. The predicted molar refractivity (Wildman–Crippen MR) is 117 cm³/mol. The van der Waals surface area contributed by atoms with E-state index < -0.39 is 29.1 Å². The van der Waals surface area contributed by atoms with Crippen molar-refractivity contribution < 1.29 is 23.1 Å². The van der Waals surface area contributed by atoms with Gasteiger partial charge in [-0.05, 0) is 66.3 Å². The fourth-order valence-corrected chi connectivity index (χ4v) is 3.60. The number of hydrogen-bond acceptors (Lipinski definition) is 3. The van der Waals surface area contributed by atoms with Crippen LogP contribution in [-0.4, -0.2) is 24.5 Å². The third-order valence-electron chi connectivity index (χ3n) is 5.00. The molecule has 6 heteroatoms. The van der Waals surface area contributed by atoms with Crippen molar-refractivity contribution in [3.8, 4) is 0 Å². The van der Waals surface area contributed by atoms with Gasteiger partial charge in [-0.25, -0.2) is 13.6 Å². The number of hydrogen-bond donors (Lipinski definition) is 1. The molecule has 0 aliphatic rings. The minimum atomic E-state index is -0.529. The quantitative estimate of drug-likeness (QED) is 0.551. The lowest BCUT2D eigenvalue weighted by atomic mass is 9.77. The van der Waals surface area contributed by atoms with Gasteiger partial charge in [0.05, 0.1) is 5.56 Å². The molecule has 0 heterocycles. The Balaban J connectivity index is 2.18. The topological polar surface area (TPSA) is 55.4 Å². The molecule has 0 bridgehead atoms. The molecule has 0 saturated carbocycles. The molecule has 4 nitrogen and oxygen atoms in total. The van der Waals surface area contributed by atoms with Gasteiger partial charge in [0.2, 0.25) is 0 Å². The third-order valence-corrected chi connectivity index (χ3v) is 5.00. The first-order chi connectivity index (χ1) is 14.5. The van der Waals surface area contributed by atoms with Gasteiger partial charge in [0.25, 0.3) is 5.91 Å². The summed E-state index contributed by atoms with van der Waals surface area (Å²) in [6.07, 6.45) is 0.239. The van der Waals surface area contributed by atoms with Crippen LogP contribution >= 0.6 is 0 Å². The zero-order valence-electron chi connectivity index (χ0n) is 18.7. The minimum Gasteiger partial charge on any atom is -0.458 e. The van der Waals surface area contributed by atoms with Crippen molar-refractivity contribution in [2.45, 2.75) is 47.1 Å². The number of carbonyl (C=O) groups excluding carboxylic acids is 2. The number of rotatable bonds is 8. The van der Waals surface area contributed by atoms with E-state index in [0.717, 1.165) is 6.42 Å². The molecular weight excluding hydrogens is 400 g/mol. The zero-order chi connectivity index (χ0) is 23.2. The molecular formula is C25H31F2NO3. The second kappa shape index (κ2) is 10.5. The molecule has 2 aromatic carbocycles. The summed E-state index contributed by atoms with van der Waals surface area (Å²) in [5.41, 5.74) is 0.241. The van der Waals surface area contributed by atoms with E-state index in [0.29, 0.717) is 18.0 Å². The van der Waals surface area contributed by atoms with Crippen molar-refractivity contribution in [2.24, 2.45) is 17.3 Å². The van der Waals surface area contributed by atoms with Gasteiger partial charge in [-0.1, -0.05) is 34.6 Å². The Morgan fingerprint density at radius 2 is 1.39 bits per heavy atom. The summed E-state index contributed by atoms with van der Waals surface area (Å²) < 4.78 is 32.2. The SMILES string of the molecule is CC(C)CC(CNC(=O)c1ccc(F)cc1)C(OC(=O)c1ccc(F)cc1)C(C)(C)C. The third kappa shape index (κ3) is 7.46. The number of nitrogens with one attached hydrogen (secondary N) is 1.